The summed E-state index contributed by atoms with van der Waals surface area (Å²) < 4.78 is 0. The van der Waals surface area contributed by atoms with E-state index in [1.165, 1.54) is 11.3 Å². The molecule has 0 fully saturated rings. The van der Waals surface area contributed by atoms with Gasteiger partial charge in [0.1, 0.15) is 0 Å². The molecule has 4 nitrogen and oxygen atoms in total. The third kappa shape index (κ3) is 4.37. The van der Waals surface area contributed by atoms with Gasteiger partial charge in [0.25, 0.3) is 0 Å². The molecule has 0 atom stereocenters. The van der Waals surface area contributed by atoms with Crippen LogP contribution in [0.25, 0.3) is 11.3 Å². The molecule has 0 unspecified atom stereocenters. The summed E-state index contributed by atoms with van der Waals surface area (Å²) in [5.41, 5.74) is 4.82. The quantitative estimate of drug-likeness (QED) is 0.679. The number of benzene rings is 2. The predicted molar refractivity (Wildman–Crippen MR) is 111 cm³/mol. The molecule has 4 rings (SSSR count). The number of aromatic nitrogens is 1. The van der Waals surface area contributed by atoms with Crippen LogP contribution in [0.2, 0.25) is 0 Å². The van der Waals surface area contributed by atoms with Gasteiger partial charge in [0.05, 0.1) is 10.7 Å². The van der Waals surface area contributed by atoms with Gasteiger partial charge in [0.2, 0.25) is 5.91 Å². The molecule has 1 amide bonds. The number of nitrogens with zero attached hydrogens (tertiary/aromatic N) is 2. The van der Waals surface area contributed by atoms with Crippen LogP contribution >= 0.6 is 11.3 Å². The van der Waals surface area contributed by atoms with Gasteiger partial charge >= 0.3 is 0 Å². The van der Waals surface area contributed by atoms with Crippen molar-refractivity contribution in [1.29, 1.82) is 0 Å². The number of fused-ring (bicyclic) bond motifs is 1. The molecule has 2 heterocycles. The van der Waals surface area contributed by atoms with Gasteiger partial charge in [-0.25, -0.2) is 4.98 Å². The second-order valence-corrected chi connectivity index (χ2v) is 7.65. The molecule has 0 aliphatic carbocycles. The Morgan fingerprint density at radius 1 is 1.11 bits per heavy atom. The molecule has 138 valence electrons. The Morgan fingerprint density at radius 2 is 1.93 bits per heavy atom. The van der Waals surface area contributed by atoms with Crippen LogP contribution in [-0.4, -0.2) is 30.5 Å². The Kier molecular flexibility index (Phi) is 5.49. The highest BCUT2D eigenvalue weighted by molar-refractivity contribution is 7.09. The van der Waals surface area contributed by atoms with Crippen molar-refractivity contribution in [2.45, 2.75) is 19.3 Å². The van der Waals surface area contributed by atoms with E-state index in [2.05, 4.69) is 57.0 Å². The smallest absolute Gasteiger partial charge is 0.220 e. The zero-order chi connectivity index (χ0) is 18.5. The lowest BCUT2D eigenvalue weighted by Gasteiger charge is -2.19. The summed E-state index contributed by atoms with van der Waals surface area (Å²) in [6, 6.07) is 18.7. The van der Waals surface area contributed by atoms with Crippen molar-refractivity contribution in [3.8, 4) is 11.3 Å². The molecule has 0 saturated heterocycles. The molecule has 1 aromatic heterocycles. The summed E-state index contributed by atoms with van der Waals surface area (Å²) in [7, 11) is 0. The van der Waals surface area contributed by atoms with E-state index in [1.807, 2.05) is 18.2 Å². The van der Waals surface area contributed by atoms with Gasteiger partial charge in [-0.05, 0) is 18.1 Å². The van der Waals surface area contributed by atoms with Gasteiger partial charge < -0.3 is 10.2 Å². The molecule has 1 N–H and O–H groups in total. The molecule has 0 saturated carbocycles. The van der Waals surface area contributed by atoms with Crippen molar-refractivity contribution >= 4 is 22.9 Å². The second kappa shape index (κ2) is 8.35. The minimum absolute atomic E-state index is 0.0962. The van der Waals surface area contributed by atoms with Crippen LogP contribution in [-0.2, 0) is 17.6 Å². The van der Waals surface area contributed by atoms with E-state index in [0.717, 1.165) is 35.8 Å². The molecule has 0 bridgehead atoms. The number of hydrogen-bond donors (Lipinski definition) is 1. The Labute approximate surface area is 163 Å². The lowest BCUT2D eigenvalue weighted by molar-refractivity contribution is -0.120. The highest BCUT2D eigenvalue weighted by Gasteiger charge is 2.17. The SMILES string of the molecule is O=C(CCc1nc(-c2ccccc2)cs1)NCCN1CCc2ccccc21. The van der Waals surface area contributed by atoms with Crippen molar-refractivity contribution in [1.82, 2.24) is 10.3 Å². The third-order valence-electron chi connectivity index (χ3n) is 4.87. The van der Waals surface area contributed by atoms with Crippen LogP contribution in [0, 0.1) is 0 Å². The Hall–Kier alpha value is -2.66. The average molecular weight is 378 g/mol. The number of amides is 1. The molecular weight excluding hydrogens is 354 g/mol. The van der Waals surface area contributed by atoms with Crippen molar-refractivity contribution < 1.29 is 4.79 Å². The number of nitrogens with one attached hydrogen (secondary N) is 1. The lowest BCUT2D eigenvalue weighted by atomic mass is 10.2. The highest BCUT2D eigenvalue weighted by atomic mass is 32.1. The van der Waals surface area contributed by atoms with E-state index in [0.29, 0.717) is 19.4 Å². The van der Waals surface area contributed by atoms with E-state index >= 15 is 0 Å². The van der Waals surface area contributed by atoms with E-state index in [4.69, 9.17) is 0 Å². The normalized spacial score (nSPS) is 12.8. The fourth-order valence-electron chi connectivity index (χ4n) is 3.45. The number of carbonyl (C=O) groups excluding carboxylic acids is 1. The maximum Gasteiger partial charge on any atom is 0.220 e. The lowest BCUT2D eigenvalue weighted by Crippen LogP contribution is -2.34. The topological polar surface area (TPSA) is 45.2 Å². The average Bonchev–Trinajstić information content (AvgIpc) is 3.35. The van der Waals surface area contributed by atoms with Crippen molar-refractivity contribution in [2.75, 3.05) is 24.5 Å². The van der Waals surface area contributed by atoms with Gasteiger partial charge in [-0.1, -0.05) is 48.5 Å². The number of rotatable bonds is 7. The largest absolute Gasteiger partial charge is 0.369 e. The van der Waals surface area contributed by atoms with Crippen LogP contribution in [0.1, 0.15) is 17.0 Å². The summed E-state index contributed by atoms with van der Waals surface area (Å²) in [6.07, 6.45) is 2.27. The number of hydrogen-bond acceptors (Lipinski definition) is 4. The van der Waals surface area contributed by atoms with Gasteiger partial charge in [-0.2, -0.15) is 0 Å². The third-order valence-corrected chi connectivity index (χ3v) is 5.78. The summed E-state index contributed by atoms with van der Waals surface area (Å²) >= 11 is 1.62. The summed E-state index contributed by atoms with van der Waals surface area (Å²) in [4.78, 5) is 19.2. The Bertz CT molecular complexity index is 907. The number of para-hydroxylation sites is 1. The molecule has 3 aromatic rings. The maximum absolute atomic E-state index is 12.2. The van der Waals surface area contributed by atoms with Crippen LogP contribution in [0.5, 0.6) is 0 Å². The molecule has 0 spiro atoms. The highest BCUT2D eigenvalue weighted by Crippen LogP contribution is 2.26. The number of aryl methyl sites for hydroxylation is 1. The first-order chi connectivity index (χ1) is 13.3. The van der Waals surface area contributed by atoms with E-state index in [-0.39, 0.29) is 5.91 Å². The zero-order valence-corrected chi connectivity index (χ0v) is 16.0. The predicted octanol–water partition coefficient (Wildman–Crippen LogP) is 3.92. The number of thiazole rings is 1. The van der Waals surface area contributed by atoms with Gasteiger partial charge in [0, 0.05) is 49.1 Å². The minimum atomic E-state index is 0.0962. The monoisotopic (exact) mass is 377 g/mol. The summed E-state index contributed by atoms with van der Waals surface area (Å²) in [5, 5.41) is 6.12. The fourth-order valence-corrected chi connectivity index (χ4v) is 4.25. The van der Waals surface area contributed by atoms with E-state index < -0.39 is 0 Å². The first kappa shape index (κ1) is 17.7. The zero-order valence-electron chi connectivity index (χ0n) is 15.2. The molecule has 1 aliphatic heterocycles. The molecule has 1 aliphatic rings. The standard InChI is InChI=1S/C22H23N3OS/c26-21(23-13-15-25-14-12-18-8-4-5-9-20(18)25)10-11-22-24-19(16-27-22)17-6-2-1-3-7-17/h1-9,16H,10-15H2,(H,23,26). The Morgan fingerprint density at radius 3 is 2.81 bits per heavy atom. The van der Waals surface area contributed by atoms with Crippen LogP contribution < -0.4 is 10.2 Å². The van der Waals surface area contributed by atoms with Crippen molar-refractivity contribution in [3.63, 3.8) is 0 Å². The van der Waals surface area contributed by atoms with Crippen LogP contribution in [0.15, 0.2) is 60.0 Å². The summed E-state index contributed by atoms with van der Waals surface area (Å²) in [6.45, 7) is 2.58. The van der Waals surface area contributed by atoms with Gasteiger partial charge in [-0.15, -0.1) is 11.3 Å². The maximum atomic E-state index is 12.2. The molecule has 5 heteroatoms. The van der Waals surface area contributed by atoms with E-state index in [1.54, 1.807) is 11.3 Å². The van der Waals surface area contributed by atoms with E-state index in [9.17, 15) is 4.79 Å². The van der Waals surface area contributed by atoms with Gasteiger partial charge in [-0.3, -0.25) is 4.79 Å². The fraction of sp³-hybridized carbons (Fsp3) is 0.273. The van der Waals surface area contributed by atoms with Crippen molar-refractivity contribution in [2.24, 2.45) is 0 Å². The first-order valence-corrected chi connectivity index (χ1v) is 10.3. The molecule has 0 radical (unpaired) electrons. The van der Waals surface area contributed by atoms with Crippen LogP contribution in [0.3, 0.4) is 0 Å². The summed E-state index contributed by atoms with van der Waals surface area (Å²) in [5.74, 6) is 0.0962. The first-order valence-electron chi connectivity index (χ1n) is 9.39. The molecule has 27 heavy (non-hydrogen) atoms. The Balaban J connectivity index is 1.21. The molecule has 2 aromatic carbocycles. The number of carbonyl (C=O) groups is 1. The number of anilines is 1. The van der Waals surface area contributed by atoms with Gasteiger partial charge in [0.15, 0.2) is 0 Å². The van der Waals surface area contributed by atoms with Crippen LogP contribution in [0.4, 0.5) is 5.69 Å². The van der Waals surface area contributed by atoms with Crippen molar-refractivity contribution in [3.05, 3.63) is 70.5 Å². The molecular formula is C22H23N3OS. The minimum Gasteiger partial charge on any atom is -0.369 e. The second-order valence-electron chi connectivity index (χ2n) is 6.71.